The number of carbonyl (C=O) groups excluding carboxylic acids is 1. The molecule has 1 aliphatic carbocycles. The average Bonchev–Trinajstić information content (AvgIpc) is 2.78. The molecule has 0 atom stereocenters. The molecular weight excluding hydrogens is 236 g/mol. The van der Waals surface area contributed by atoms with Crippen molar-refractivity contribution in [3.8, 4) is 0 Å². The Bertz CT molecular complexity index is 313. The monoisotopic (exact) mass is 266 g/mol. The molecule has 3 nitrogen and oxygen atoms in total. The molecule has 2 fully saturated rings. The molecule has 2 rings (SSSR count). The first kappa shape index (κ1) is 14.8. The maximum Gasteiger partial charge on any atom is 0.226 e. The molecule has 110 valence electrons. The van der Waals surface area contributed by atoms with Crippen molar-refractivity contribution in [2.75, 3.05) is 13.1 Å². The summed E-state index contributed by atoms with van der Waals surface area (Å²) in [6.07, 6.45) is 7.77. The Morgan fingerprint density at radius 1 is 1.16 bits per heavy atom. The van der Waals surface area contributed by atoms with Crippen LogP contribution in [0.2, 0.25) is 0 Å². The van der Waals surface area contributed by atoms with E-state index in [2.05, 4.69) is 31.4 Å². The number of carbonyl (C=O) groups is 1. The Morgan fingerprint density at radius 3 is 2.26 bits per heavy atom. The summed E-state index contributed by atoms with van der Waals surface area (Å²) in [6.45, 7) is 8.73. The minimum Gasteiger partial charge on any atom is -0.350 e. The topological polar surface area (TPSA) is 41.1 Å². The summed E-state index contributed by atoms with van der Waals surface area (Å²) in [7, 11) is 0. The molecule has 0 radical (unpaired) electrons. The molecule has 2 aliphatic rings. The zero-order valence-corrected chi connectivity index (χ0v) is 12.8. The zero-order valence-electron chi connectivity index (χ0n) is 12.8. The van der Waals surface area contributed by atoms with Crippen LogP contribution in [0.1, 0.15) is 65.7 Å². The first-order chi connectivity index (χ1) is 8.96. The van der Waals surface area contributed by atoms with Gasteiger partial charge in [0.15, 0.2) is 0 Å². The van der Waals surface area contributed by atoms with Crippen molar-refractivity contribution in [3.05, 3.63) is 0 Å². The van der Waals surface area contributed by atoms with Gasteiger partial charge in [-0.3, -0.25) is 4.79 Å². The molecule has 1 aliphatic heterocycles. The first-order valence-corrected chi connectivity index (χ1v) is 7.99. The molecular formula is C16H30N2O. The van der Waals surface area contributed by atoms with Gasteiger partial charge in [-0.2, -0.15) is 0 Å². The van der Waals surface area contributed by atoms with E-state index in [0.29, 0.717) is 11.8 Å². The number of hydrogen-bond donors (Lipinski definition) is 2. The predicted molar refractivity (Wildman–Crippen MR) is 79.0 cm³/mol. The Balaban J connectivity index is 2.03. The average molecular weight is 266 g/mol. The van der Waals surface area contributed by atoms with Gasteiger partial charge in [0.2, 0.25) is 5.91 Å². The van der Waals surface area contributed by atoms with Gasteiger partial charge >= 0.3 is 0 Å². The highest BCUT2D eigenvalue weighted by atomic mass is 16.2. The van der Waals surface area contributed by atoms with Gasteiger partial charge < -0.3 is 10.6 Å². The third-order valence-electron chi connectivity index (χ3n) is 4.96. The van der Waals surface area contributed by atoms with E-state index >= 15 is 0 Å². The fourth-order valence-electron chi connectivity index (χ4n) is 3.87. The van der Waals surface area contributed by atoms with Crippen LogP contribution in [0.3, 0.4) is 0 Å². The second-order valence-electron chi connectivity index (χ2n) is 7.35. The van der Waals surface area contributed by atoms with Crippen LogP contribution in [0, 0.1) is 11.3 Å². The smallest absolute Gasteiger partial charge is 0.226 e. The zero-order chi connectivity index (χ0) is 13.9. The summed E-state index contributed by atoms with van der Waals surface area (Å²) in [5.74, 6) is 0.938. The van der Waals surface area contributed by atoms with Crippen LogP contribution < -0.4 is 10.6 Å². The van der Waals surface area contributed by atoms with Crippen LogP contribution >= 0.6 is 0 Å². The summed E-state index contributed by atoms with van der Waals surface area (Å²) in [6, 6.07) is 0. The van der Waals surface area contributed by atoms with Crippen molar-refractivity contribution in [2.24, 2.45) is 11.3 Å². The van der Waals surface area contributed by atoms with Gasteiger partial charge in [0.1, 0.15) is 0 Å². The fourth-order valence-corrected chi connectivity index (χ4v) is 3.87. The summed E-state index contributed by atoms with van der Waals surface area (Å²) < 4.78 is 0. The van der Waals surface area contributed by atoms with E-state index in [-0.39, 0.29) is 11.0 Å². The van der Waals surface area contributed by atoms with Crippen molar-refractivity contribution in [1.29, 1.82) is 0 Å². The molecule has 0 aromatic heterocycles. The highest BCUT2D eigenvalue weighted by Gasteiger charge is 2.43. The Labute approximate surface area is 117 Å². The summed E-state index contributed by atoms with van der Waals surface area (Å²) in [5, 5.41) is 6.78. The van der Waals surface area contributed by atoms with Crippen LogP contribution in [0.5, 0.6) is 0 Å². The van der Waals surface area contributed by atoms with Gasteiger partial charge in [-0.05, 0) is 58.0 Å². The lowest BCUT2D eigenvalue weighted by Crippen LogP contribution is -2.56. The van der Waals surface area contributed by atoms with Crippen molar-refractivity contribution >= 4 is 5.91 Å². The number of rotatable bonds is 4. The molecule has 0 unspecified atom stereocenters. The van der Waals surface area contributed by atoms with Gasteiger partial charge in [0.25, 0.3) is 0 Å². The van der Waals surface area contributed by atoms with Gasteiger partial charge in [-0.1, -0.05) is 26.7 Å². The Morgan fingerprint density at radius 2 is 1.74 bits per heavy atom. The molecule has 0 bridgehead atoms. The molecule has 3 heteroatoms. The molecule has 19 heavy (non-hydrogen) atoms. The largest absolute Gasteiger partial charge is 0.350 e. The molecule has 0 spiro atoms. The highest BCUT2D eigenvalue weighted by Crippen LogP contribution is 2.44. The van der Waals surface area contributed by atoms with Gasteiger partial charge in [0, 0.05) is 11.0 Å². The molecule has 1 saturated heterocycles. The third kappa shape index (κ3) is 3.50. The molecule has 2 N–H and O–H groups in total. The lowest BCUT2D eigenvalue weighted by atomic mass is 9.76. The third-order valence-corrected chi connectivity index (χ3v) is 4.96. The molecule has 1 amide bonds. The number of hydrogen-bond acceptors (Lipinski definition) is 2. The Hall–Kier alpha value is -0.570. The SMILES string of the molecule is CC(C)CC1(C(=O)NC2(C)CCNCC2)CCCC1. The normalized spacial score (nSPS) is 25.5. The van der Waals surface area contributed by atoms with Crippen LogP contribution in [-0.4, -0.2) is 24.5 Å². The number of nitrogens with one attached hydrogen (secondary N) is 2. The van der Waals surface area contributed by atoms with Crippen molar-refractivity contribution in [3.63, 3.8) is 0 Å². The van der Waals surface area contributed by atoms with E-state index < -0.39 is 0 Å². The second-order valence-corrected chi connectivity index (χ2v) is 7.35. The lowest BCUT2D eigenvalue weighted by Gasteiger charge is -2.39. The number of piperidine rings is 1. The molecule has 0 aromatic rings. The number of amides is 1. The van der Waals surface area contributed by atoms with E-state index in [1.54, 1.807) is 0 Å². The van der Waals surface area contributed by atoms with E-state index in [9.17, 15) is 4.79 Å². The van der Waals surface area contributed by atoms with E-state index in [0.717, 1.165) is 45.2 Å². The van der Waals surface area contributed by atoms with Crippen LogP contribution in [-0.2, 0) is 4.79 Å². The van der Waals surface area contributed by atoms with E-state index in [4.69, 9.17) is 0 Å². The molecule has 0 aromatic carbocycles. The maximum atomic E-state index is 12.8. The van der Waals surface area contributed by atoms with E-state index in [1.165, 1.54) is 12.8 Å². The van der Waals surface area contributed by atoms with Crippen LogP contribution in [0.15, 0.2) is 0 Å². The molecule has 1 saturated carbocycles. The lowest BCUT2D eigenvalue weighted by molar-refractivity contribution is -0.134. The van der Waals surface area contributed by atoms with Crippen molar-refractivity contribution in [2.45, 2.75) is 71.3 Å². The van der Waals surface area contributed by atoms with Gasteiger partial charge in [-0.25, -0.2) is 0 Å². The minimum atomic E-state index is -0.0674. The van der Waals surface area contributed by atoms with Crippen molar-refractivity contribution < 1.29 is 4.79 Å². The van der Waals surface area contributed by atoms with E-state index in [1.807, 2.05) is 0 Å². The van der Waals surface area contributed by atoms with Crippen molar-refractivity contribution in [1.82, 2.24) is 10.6 Å². The summed E-state index contributed by atoms with van der Waals surface area (Å²) in [5.41, 5.74) is -0.0586. The highest BCUT2D eigenvalue weighted by molar-refractivity contribution is 5.83. The first-order valence-electron chi connectivity index (χ1n) is 7.99. The minimum absolute atomic E-state index is 0.00883. The van der Waals surface area contributed by atoms with Gasteiger partial charge in [0.05, 0.1) is 0 Å². The maximum absolute atomic E-state index is 12.8. The van der Waals surface area contributed by atoms with Crippen LogP contribution in [0.25, 0.3) is 0 Å². The fraction of sp³-hybridized carbons (Fsp3) is 0.938. The predicted octanol–water partition coefficient (Wildman–Crippen LogP) is 2.85. The second kappa shape index (κ2) is 5.82. The van der Waals surface area contributed by atoms with Crippen LogP contribution in [0.4, 0.5) is 0 Å². The standard InChI is InChI=1S/C16H30N2O/c1-13(2)12-16(6-4-5-7-16)14(19)18-15(3)8-10-17-11-9-15/h13,17H,4-12H2,1-3H3,(H,18,19). The molecule has 1 heterocycles. The summed E-state index contributed by atoms with van der Waals surface area (Å²) in [4.78, 5) is 12.8. The quantitative estimate of drug-likeness (QED) is 0.821. The summed E-state index contributed by atoms with van der Waals surface area (Å²) >= 11 is 0. The Kier molecular flexibility index (Phi) is 4.54. The van der Waals surface area contributed by atoms with Gasteiger partial charge in [-0.15, -0.1) is 0 Å².